The molecule has 1 heterocycles. The van der Waals surface area contributed by atoms with Crippen molar-refractivity contribution in [2.45, 2.75) is 19.0 Å². The predicted octanol–water partition coefficient (Wildman–Crippen LogP) is -0.762. The fraction of sp³-hybridized carbons (Fsp3) is 0.714. The number of nitrogens with one attached hydrogen (secondary N) is 2. The molecular formula is C7H12N2O3S. The minimum absolute atomic E-state index is 0.236. The Morgan fingerprint density at radius 2 is 2.38 bits per heavy atom. The first-order valence-corrected chi connectivity index (χ1v) is 5.11. The van der Waals surface area contributed by atoms with Gasteiger partial charge in [0.15, 0.2) is 0 Å². The lowest BCUT2D eigenvalue weighted by atomic mass is 10.2. The lowest BCUT2D eigenvalue weighted by Gasteiger charge is -2.13. The minimum atomic E-state index is -1.01. The minimum Gasteiger partial charge on any atom is -0.480 e. The van der Waals surface area contributed by atoms with Crippen LogP contribution >= 0.6 is 11.8 Å². The van der Waals surface area contributed by atoms with Crippen LogP contribution in [0.3, 0.4) is 0 Å². The van der Waals surface area contributed by atoms with E-state index in [2.05, 4.69) is 10.6 Å². The van der Waals surface area contributed by atoms with E-state index in [0.717, 1.165) is 5.88 Å². The Morgan fingerprint density at radius 3 is 2.85 bits per heavy atom. The lowest BCUT2D eigenvalue weighted by molar-refractivity contribution is -0.141. The lowest BCUT2D eigenvalue weighted by Crippen LogP contribution is -2.47. The third-order valence-electron chi connectivity index (χ3n) is 1.76. The Hall–Kier alpha value is -0.750. The van der Waals surface area contributed by atoms with E-state index in [0.29, 0.717) is 5.75 Å². The molecule has 0 aromatic carbocycles. The molecule has 2 unspecified atom stereocenters. The van der Waals surface area contributed by atoms with Crippen molar-refractivity contribution in [3.05, 3.63) is 0 Å². The molecule has 0 saturated carbocycles. The molecule has 3 N–H and O–H groups in total. The molecule has 0 bridgehead atoms. The van der Waals surface area contributed by atoms with Crippen LogP contribution in [0.5, 0.6) is 0 Å². The van der Waals surface area contributed by atoms with Gasteiger partial charge in [-0.05, 0) is 6.92 Å². The van der Waals surface area contributed by atoms with E-state index in [-0.39, 0.29) is 11.9 Å². The van der Waals surface area contributed by atoms with Crippen LogP contribution in [0, 0.1) is 0 Å². The second-order valence-corrected chi connectivity index (χ2v) is 3.87. The average Bonchev–Trinajstić information content (AvgIpc) is 2.55. The molecule has 1 rings (SSSR count). The first-order chi connectivity index (χ1) is 6.11. The highest BCUT2D eigenvalue weighted by Crippen LogP contribution is 2.09. The molecule has 13 heavy (non-hydrogen) atoms. The predicted molar refractivity (Wildman–Crippen MR) is 49.5 cm³/mol. The van der Waals surface area contributed by atoms with E-state index >= 15 is 0 Å². The molecule has 6 heteroatoms. The normalized spacial score (nSPS) is 23.9. The van der Waals surface area contributed by atoms with Crippen LogP contribution in [0.15, 0.2) is 0 Å². The Kier molecular flexibility index (Phi) is 3.56. The highest BCUT2D eigenvalue weighted by molar-refractivity contribution is 7.99. The number of hydrogen-bond donors (Lipinski definition) is 3. The first-order valence-electron chi connectivity index (χ1n) is 3.95. The summed E-state index contributed by atoms with van der Waals surface area (Å²) in [6.07, 6.45) is 0. The summed E-state index contributed by atoms with van der Waals surface area (Å²) in [5, 5.41) is 13.9. The summed E-state index contributed by atoms with van der Waals surface area (Å²) in [5.74, 6) is 0.205. The number of thioether (sulfide) groups is 1. The van der Waals surface area contributed by atoms with Gasteiger partial charge in [-0.15, -0.1) is 11.8 Å². The monoisotopic (exact) mass is 204 g/mol. The molecule has 2 atom stereocenters. The summed E-state index contributed by atoms with van der Waals surface area (Å²) in [4.78, 5) is 21.7. The van der Waals surface area contributed by atoms with Gasteiger partial charge in [0.25, 0.3) is 0 Å². The molecule has 1 fully saturated rings. The molecule has 1 aliphatic rings. The van der Waals surface area contributed by atoms with E-state index in [1.54, 1.807) is 11.8 Å². The smallest absolute Gasteiger partial charge is 0.325 e. The van der Waals surface area contributed by atoms with Crippen molar-refractivity contribution >= 4 is 23.6 Å². The van der Waals surface area contributed by atoms with Crippen LogP contribution in [-0.2, 0) is 9.59 Å². The van der Waals surface area contributed by atoms with Gasteiger partial charge in [-0.25, -0.2) is 0 Å². The summed E-state index contributed by atoms with van der Waals surface area (Å²) in [6, 6.07) is -1.06. The van der Waals surface area contributed by atoms with Gasteiger partial charge in [0, 0.05) is 11.6 Å². The van der Waals surface area contributed by atoms with E-state index in [9.17, 15) is 9.59 Å². The molecule has 74 valence electrons. The molecule has 0 aromatic heterocycles. The van der Waals surface area contributed by atoms with Crippen LogP contribution in [0.4, 0.5) is 0 Å². The first kappa shape index (κ1) is 10.3. The maximum atomic E-state index is 11.3. The maximum Gasteiger partial charge on any atom is 0.325 e. The zero-order valence-corrected chi connectivity index (χ0v) is 8.06. The van der Waals surface area contributed by atoms with Gasteiger partial charge in [-0.1, -0.05) is 0 Å². The fourth-order valence-corrected chi connectivity index (χ4v) is 1.88. The third-order valence-corrected chi connectivity index (χ3v) is 2.70. The molecular weight excluding hydrogens is 192 g/mol. The van der Waals surface area contributed by atoms with Crippen molar-refractivity contribution in [3.63, 3.8) is 0 Å². The van der Waals surface area contributed by atoms with Crippen molar-refractivity contribution in [1.82, 2.24) is 10.6 Å². The van der Waals surface area contributed by atoms with Crippen molar-refractivity contribution in [1.29, 1.82) is 0 Å². The highest BCUT2D eigenvalue weighted by Gasteiger charge is 2.24. The van der Waals surface area contributed by atoms with E-state index in [1.807, 2.05) is 0 Å². The maximum absolute atomic E-state index is 11.3. The molecule has 1 amide bonds. The zero-order chi connectivity index (χ0) is 9.84. The number of rotatable bonds is 3. The van der Waals surface area contributed by atoms with Crippen LogP contribution in [0.2, 0.25) is 0 Å². The summed E-state index contributed by atoms with van der Waals surface area (Å²) < 4.78 is 0. The van der Waals surface area contributed by atoms with E-state index < -0.39 is 12.0 Å². The number of amides is 1. The van der Waals surface area contributed by atoms with Gasteiger partial charge < -0.3 is 10.4 Å². The van der Waals surface area contributed by atoms with Gasteiger partial charge in [-0.3, -0.25) is 14.9 Å². The number of carboxylic acids is 1. The SMILES string of the molecule is CC(NC(=O)C1CSCN1)C(=O)O. The van der Waals surface area contributed by atoms with Crippen LogP contribution in [0.25, 0.3) is 0 Å². The van der Waals surface area contributed by atoms with Gasteiger partial charge in [0.2, 0.25) is 5.91 Å². The second-order valence-electron chi connectivity index (χ2n) is 2.84. The summed E-state index contributed by atoms with van der Waals surface area (Å²) >= 11 is 1.63. The van der Waals surface area contributed by atoms with Gasteiger partial charge in [-0.2, -0.15) is 0 Å². The molecule has 0 spiro atoms. The number of carbonyl (C=O) groups is 2. The van der Waals surface area contributed by atoms with Gasteiger partial charge in [0.1, 0.15) is 6.04 Å². The Bertz CT molecular complexity index is 216. The molecule has 0 aliphatic carbocycles. The summed E-state index contributed by atoms with van der Waals surface area (Å²) in [7, 11) is 0. The van der Waals surface area contributed by atoms with Crippen molar-refractivity contribution in [3.8, 4) is 0 Å². The van der Waals surface area contributed by atoms with Crippen molar-refractivity contribution in [2.75, 3.05) is 11.6 Å². The molecule has 1 saturated heterocycles. The van der Waals surface area contributed by atoms with Gasteiger partial charge in [0.05, 0.1) is 6.04 Å². The van der Waals surface area contributed by atoms with E-state index in [1.165, 1.54) is 6.92 Å². The van der Waals surface area contributed by atoms with Crippen molar-refractivity contribution < 1.29 is 14.7 Å². The van der Waals surface area contributed by atoms with Crippen LogP contribution in [0.1, 0.15) is 6.92 Å². The molecule has 5 nitrogen and oxygen atoms in total. The average molecular weight is 204 g/mol. The molecule has 1 aliphatic heterocycles. The Morgan fingerprint density at radius 1 is 1.69 bits per heavy atom. The highest BCUT2D eigenvalue weighted by atomic mass is 32.2. The number of carbonyl (C=O) groups excluding carboxylic acids is 1. The summed E-state index contributed by atoms with van der Waals surface area (Å²) in [5.41, 5.74) is 0. The van der Waals surface area contributed by atoms with Crippen LogP contribution < -0.4 is 10.6 Å². The fourth-order valence-electron chi connectivity index (χ4n) is 0.939. The quantitative estimate of drug-likeness (QED) is 0.563. The van der Waals surface area contributed by atoms with Crippen LogP contribution in [-0.4, -0.2) is 40.7 Å². The third kappa shape index (κ3) is 2.89. The number of aliphatic carboxylic acids is 1. The van der Waals surface area contributed by atoms with Gasteiger partial charge >= 0.3 is 5.97 Å². The standard InChI is InChI=1S/C7H12N2O3S/c1-4(7(11)12)9-6(10)5-2-13-3-8-5/h4-5,8H,2-3H2,1H3,(H,9,10)(H,11,12). The Balaban J connectivity index is 2.35. The number of carboxylic acid groups (broad SMARTS) is 1. The summed E-state index contributed by atoms with van der Waals surface area (Å²) in [6.45, 7) is 1.45. The Labute approximate surface area is 80.3 Å². The van der Waals surface area contributed by atoms with Crippen molar-refractivity contribution in [2.24, 2.45) is 0 Å². The largest absolute Gasteiger partial charge is 0.480 e. The molecule has 0 aromatic rings. The zero-order valence-electron chi connectivity index (χ0n) is 7.24. The number of hydrogen-bond acceptors (Lipinski definition) is 4. The topological polar surface area (TPSA) is 78.4 Å². The molecule has 0 radical (unpaired) electrons. The van der Waals surface area contributed by atoms with E-state index in [4.69, 9.17) is 5.11 Å². The second kappa shape index (κ2) is 4.48.